The summed E-state index contributed by atoms with van der Waals surface area (Å²) in [6, 6.07) is 0. The van der Waals surface area contributed by atoms with Gasteiger partial charge in [-0.15, -0.1) is 11.3 Å². The molecule has 0 radical (unpaired) electrons. The second-order valence-corrected chi connectivity index (χ2v) is 6.87. The number of hydrogen-bond acceptors (Lipinski definition) is 3. The Labute approximate surface area is 105 Å². The average molecular weight is 257 g/mol. The number of aromatic nitrogens is 1. The van der Waals surface area contributed by atoms with Crippen LogP contribution in [0.1, 0.15) is 30.7 Å². The van der Waals surface area contributed by atoms with Crippen molar-refractivity contribution in [3.63, 3.8) is 0 Å². The molecule has 2 fully saturated rings. The van der Waals surface area contributed by atoms with E-state index in [1.165, 1.54) is 32.2 Å². The number of nitrogens with zero attached hydrogens (tertiary/aromatic N) is 1. The van der Waals surface area contributed by atoms with E-state index in [-0.39, 0.29) is 0 Å². The third-order valence-corrected chi connectivity index (χ3v) is 5.21. The lowest BCUT2D eigenvalue weighted by Gasteiger charge is -2.21. The molecule has 0 saturated heterocycles. The third kappa shape index (κ3) is 2.27. The standard InChI is InChI=1S/C12H17ClN2S/c13-11-6-15-12(16-11)7-14-5-10-4-8-1-2-9(10)3-8/h6,8-10,14H,1-5,7H2. The van der Waals surface area contributed by atoms with Gasteiger partial charge in [-0.25, -0.2) is 4.98 Å². The number of nitrogens with one attached hydrogen (secondary N) is 1. The fourth-order valence-corrected chi connectivity index (χ4v) is 4.29. The summed E-state index contributed by atoms with van der Waals surface area (Å²) >= 11 is 7.42. The topological polar surface area (TPSA) is 24.9 Å². The summed E-state index contributed by atoms with van der Waals surface area (Å²) in [5, 5.41) is 4.64. The monoisotopic (exact) mass is 256 g/mol. The van der Waals surface area contributed by atoms with Crippen LogP contribution in [0.2, 0.25) is 4.34 Å². The van der Waals surface area contributed by atoms with Crippen LogP contribution >= 0.6 is 22.9 Å². The molecular weight excluding hydrogens is 240 g/mol. The molecule has 1 heterocycles. The van der Waals surface area contributed by atoms with Crippen LogP contribution in [0, 0.1) is 17.8 Å². The van der Waals surface area contributed by atoms with Gasteiger partial charge >= 0.3 is 0 Å². The van der Waals surface area contributed by atoms with Crippen molar-refractivity contribution in [3.05, 3.63) is 15.5 Å². The summed E-state index contributed by atoms with van der Waals surface area (Å²) in [6.45, 7) is 2.05. The summed E-state index contributed by atoms with van der Waals surface area (Å²) in [4.78, 5) is 4.25. The molecule has 1 aromatic heterocycles. The molecule has 3 atom stereocenters. The van der Waals surface area contributed by atoms with Crippen LogP contribution in [0.3, 0.4) is 0 Å². The lowest BCUT2D eigenvalue weighted by Crippen LogP contribution is -2.26. The van der Waals surface area contributed by atoms with Gasteiger partial charge in [0.15, 0.2) is 0 Å². The van der Waals surface area contributed by atoms with Crippen molar-refractivity contribution in [2.75, 3.05) is 6.54 Å². The highest BCUT2D eigenvalue weighted by atomic mass is 35.5. The Hall–Kier alpha value is -0.120. The Bertz CT molecular complexity index is 366. The van der Waals surface area contributed by atoms with Crippen molar-refractivity contribution >= 4 is 22.9 Å². The minimum atomic E-state index is 0.789. The molecule has 2 nitrogen and oxygen atoms in total. The van der Waals surface area contributed by atoms with Crippen LogP contribution in [0.5, 0.6) is 0 Å². The lowest BCUT2D eigenvalue weighted by molar-refractivity contribution is 0.318. The summed E-state index contributed by atoms with van der Waals surface area (Å²) in [5.74, 6) is 2.98. The molecule has 0 spiro atoms. The van der Waals surface area contributed by atoms with E-state index in [1.807, 2.05) is 0 Å². The molecule has 0 aliphatic heterocycles. The molecule has 88 valence electrons. The molecule has 1 aromatic rings. The Kier molecular flexibility index (Phi) is 3.18. The summed E-state index contributed by atoms with van der Waals surface area (Å²) in [5.41, 5.74) is 0. The molecule has 0 amide bonds. The quantitative estimate of drug-likeness (QED) is 0.894. The molecular formula is C12H17ClN2S. The fourth-order valence-electron chi connectivity index (χ4n) is 3.36. The van der Waals surface area contributed by atoms with Gasteiger partial charge in [-0.2, -0.15) is 0 Å². The highest BCUT2D eigenvalue weighted by Gasteiger charge is 2.38. The van der Waals surface area contributed by atoms with Gasteiger partial charge in [0.2, 0.25) is 0 Å². The summed E-state index contributed by atoms with van der Waals surface area (Å²) in [7, 11) is 0. The van der Waals surface area contributed by atoms with Crippen molar-refractivity contribution in [1.82, 2.24) is 10.3 Å². The highest BCUT2D eigenvalue weighted by molar-refractivity contribution is 7.15. The van der Waals surface area contributed by atoms with E-state index in [0.717, 1.165) is 33.6 Å². The Morgan fingerprint density at radius 2 is 2.38 bits per heavy atom. The van der Waals surface area contributed by atoms with Crippen molar-refractivity contribution in [2.45, 2.75) is 32.2 Å². The summed E-state index contributed by atoms with van der Waals surface area (Å²) < 4.78 is 0.789. The van der Waals surface area contributed by atoms with Crippen LogP contribution in [0.25, 0.3) is 0 Å². The van der Waals surface area contributed by atoms with Crippen LogP contribution in [-0.2, 0) is 6.54 Å². The maximum atomic E-state index is 5.85. The van der Waals surface area contributed by atoms with Gasteiger partial charge in [0, 0.05) is 6.54 Å². The number of halogens is 1. The third-order valence-electron chi connectivity index (χ3n) is 4.09. The fraction of sp³-hybridized carbons (Fsp3) is 0.750. The molecule has 3 rings (SSSR count). The van der Waals surface area contributed by atoms with Crippen LogP contribution in [0.15, 0.2) is 6.20 Å². The molecule has 4 heteroatoms. The SMILES string of the molecule is Clc1cnc(CNCC2CC3CCC2C3)s1. The normalized spacial score (nSPS) is 32.4. The number of fused-ring (bicyclic) bond motifs is 2. The van der Waals surface area contributed by atoms with Crippen LogP contribution in [-0.4, -0.2) is 11.5 Å². The Balaban J connectivity index is 1.44. The Morgan fingerprint density at radius 3 is 3.00 bits per heavy atom. The van der Waals surface area contributed by atoms with Gasteiger partial charge in [-0.3, -0.25) is 0 Å². The number of thiazole rings is 1. The molecule has 2 aliphatic carbocycles. The largest absolute Gasteiger partial charge is 0.310 e. The highest BCUT2D eigenvalue weighted by Crippen LogP contribution is 2.47. The second-order valence-electron chi connectivity index (χ2n) is 5.12. The molecule has 1 N–H and O–H groups in total. The first-order chi connectivity index (χ1) is 7.81. The van der Waals surface area contributed by atoms with Gasteiger partial charge in [0.05, 0.1) is 6.20 Å². The van der Waals surface area contributed by atoms with Crippen molar-refractivity contribution in [3.8, 4) is 0 Å². The smallest absolute Gasteiger partial charge is 0.113 e. The molecule has 2 aliphatic rings. The van der Waals surface area contributed by atoms with Gasteiger partial charge in [0.25, 0.3) is 0 Å². The minimum Gasteiger partial charge on any atom is -0.310 e. The number of hydrogen-bond donors (Lipinski definition) is 1. The predicted molar refractivity (Wildman–Crippen MR) is 67.8 cm³/mol. The summed E-state index contributed by atoms with van der Waals surface area (Å²) in [6.07, 6.45) is 7.65. The molecule has 2 bridgehead atoms. The Morgan fingerprint density at radius 1 is 1.44 bits per heavy atom. The van der Waals surface area contributed by atoms with Gasteiger partial charge in [-0.1, -0.05) is 18.0 Å². The van der Waals surface area contributed by atoms with E-state index < -0.39 is 0 Å². The van der Waals surface area contributed by atoms with Crippen molar-refractivity contribution in [2.24, 2.45) is 17.8 Å². The average Bonchev–Trinajstić information content (AvgIpc) is 2.94. The zero-order valence-corrected chi connectivity index (χ0v) is 10.9. The van der Waals surface area contributed by atoms with Gasteiger partial charge in [-0.05, 0) is 43.6 Å². The van der Waals surface area contributed by atoms with E-state index in [1.54, 1.807) is 17.5 Å². The van der Waals surface area contributed by atoms with E-state index in [9.17, 15) is 0 Å². The zero-order chi connectivity index (χ0) is 11.0. The first kappa shape index (κ1) is 11.0. The lowest BCUT2D eigenvalue weighted by atomic mass is 9.89. The van der Waals surface area contributed by atoms with Gasteiger partial charge < -0.3 is 5.32 Å². The van der Waals surface area contributed by atoms with E-state index in [0.29, 0.717) is 0 Å². The van der Waals surface area contributed by atoms with E-state index in [2.05, 4.69) is 10.3 Å². The van der Waals surface area contributed by atoms with Crippen LogP contribution in [0.4, 0.5) is 0 Å². The molecule has 16 heavy (non-hydrogen) atoms. The molecule has 2 saturated carbocycles. The minimum absolute atomic E-state index is 0.789. The molecule has 3 unspecified atom stereocenters. The maximum Gasteiger partial charge on any atom is 0.113 e. The van der Waals surface area contributed by atoms with Gasteiger partial charge in [0.1, 0.15) is 9.34 Å². The van der Waals surface area contributed by atoms with E-state index >= 15 is 0 Å². The van der Waals surface area contributed by atoms with E-state index in [4.69, 9.17) is 11.6 Å². The number of rotatable bonds is 4. The maximum absolute atomic E-state index is 5.85. The second kappa shape index (κ2) is 4.63. The van der Waals surface area contributed by atoms with Crippen molar-refractivity contribution < 1.29 is 0 Å². The first-order valence-electron chi connectivity index (χ1n) is 6.12. The van der Waals surface area contributed by atoms with Crippen LogP contribution < -0.4 is 5.32 Å². The molecule has 0 aromatic carbocycles. The first-order valence-corrected chi connectivity index (χ1v) is 7.31. The van der Waals surface area contributed by atoms with Crippen molar-refractivity contribution in [1.29, 1.82) is 0 Å². The zero-order valence-electron chi connectivity index (χ0n) is 9.29. The predicted octanol–water partition coefficient (Wildman–Crippen LogP) is 3.32.